The monoisotopic (exact) mass is 400 g/mol. The highest BCUT2D eigenvalue weighted by molar-refractivity contribution is 7.89. The molecule has 0 amide bonds. The molecular weight excluding hydrogens is 380 g/mol. The van der Waals surface area contributed by atoms with Crippen LogP contribution in [0.1, 0.15) is 11.1 Å². The fourth-order valence-corrected chi connectivity index (χ4v) is 3.94. The first kappa shape index (κ1) is 19.4. The smallest absolute Gasteiger partial charge is 0.243 e. The third-order valence-electron chi connectivity index (χ3n) is 4.22. The topological polar surface area (TPSA) is 49.4 Å². The molecule has 0 spiro atoms. The Labute approximate surface area is 165 Å². The Bertz CT molecular complexity index is 973. The lowest BCUT2D eigenvalue weighted by atomic mass is 10.2. The van der Waals surface area contributed by atoms with Crippen molar-refractivity contribution in [1.29, 1.82) is 0 Å². The van der Waals surface area contributed by atoms with Crippen LogP contribution in [-0.4, -0.2) is 19.8 Å². The molecule has 0 aromatic heterocycles. The summed E-state index contributed by atoms with van der Waals surface area (Å²) in [5.74, 6) is 0. The van der Waals surface area contributed by atoms with Gasteiger partial charge in [-0.3, -0.25) is 0 Å². The molecule has 3 aromatic rings. The van der Waals surface area contributed by atoms with Crippen LogP contribution in [-0.2, 0) is 23.1 Å². The zero-order chi connectivity index (χ0) is 19.3. The number of hydrogen-bond donors (Lipinski definition) is 1. The van der Waals surface area contributed by atoms with Gasteiger partial charge in [0.2, 0.25) is 10.0 Å². The van der Waals surface area contributed by atoms with E-state index in [2.05, 4.69) is 5.32 Å². The molecule has 0 fully saturated rings. The molecule has 140 valence electrons. The van der Waals surface area contributed by atoms with Crippen molar-refractivity contribution in [3.8, 4) is 0 Å². The molecule has 4 nitrogen and oxygen atoms in total. The van der Waals surface area contributed by atoms with E-state index in [1.54, 1.807) is 31.3 Å². The Morgan fingerprint density at radius 1 is 0.852 bits per heavy atom. The quantitative estimate of drug-likeness (QED) is 0.621. The summed E-state index contributed by atoms with van der Waals surface area (Å²) in [5.41, 5.74) is 2.90. The summed E-state index contributed by atoms with van der Waals surface area (Å²) in [6.45, 7) is 0.969. The standard InChI is InChI=1S/C21H21ClN2O2S/c1-24(16-18-5-3-2-4-6-18)27(25,26)21-13-11-20(12-14-21)23-15-17-7-9-19(22)10-8-17/h2-14,23H,15-16H2,1H3. The molecule has 0 atom stereocenters. The van der Waals surface area contributed by atoms with Gasteiger partial charge in [-0.25, -0.2) is 8.42 Å². The van der Waals surface area contributed by atoms with Gasteiger partial charge < -0.3 is 5.32 Å². The van der Waals surface area contributed by atoms with Crippen molar-refractivity contribution >= 4 is 27.3 Å². The van der Waals surface area contributed by atoms with Crippen LogP contribution < -0.4 is 5.32 Å². The van der Waals surface area contributed by atoms with Crippen LogP contribution >= 0.6 is 11.6 Å². The van der Waals surface area contributed by atoms with Gasteiger partial charge in [-0.1, -0.05) is 54.1 Å². The maximum absolute atomic E-state index is 12.8. The van der Waals surface area contributed by atoms with Crippen molar-refractivity contribution in [1.82, 2.24) is 4.31 Å². The summed E-state index contributed by atoms with van der Waals surface area (Å²) in [7, 11) is -1.94. The average Bonchev–Trinajstić information content (AvgIpc) is 2.68. The summed E-state index contributed by atoms with van der Waals surface area (Å²) in [6, 6.07) is 23.9. The van der Waals surface area contributed by atoms with E-state index >= 15 is 0 Å². The second kappa shape index (κ2) is 8.57. The predicted molar refractivity (Wildman–Crippen MR) is 110 cm³/mol. The highest BCUT2D eigenvalue weighted by atomic mass is 35.5. The van der Waals surface area contributed by atoms with Gasteiger partial charge >= 0.3 is 0 Å². The number of hydrogen-bond acceptors (Lipinski definition) is 3. The minimum Gasteiger partial charge on any atom is -0.381 e. The molecule has 0 saturated carbocycles. The molecule has 0 radical (unpaired) electrons. The summed E-state index contributed by atoms with van der Waals surface area (Å²) in [6.07, 6.45) is 0. The van der Waals surface area contributed by atoms with Crippen molar-refractivity contribution in [2.45, 2.75) is 18.0 Å². The Hall–Kier alpha value is -2.34. The molecular formula is C21H21ClN2O2S. The minimum atomic E-state index is -3.53. The number of anilines is 1. The summed E-state index contributed by atoms with van der Waals surface area (Å²) in [5, 5.41) is 3.98. The Kier molecular flexibility index (Phi) is 6.16. The van der Waals surface area contributed by atoms with Gasteiger partial charge in [0.15, 0.2) is 0 Å². The van der Waals surface area contributed by atoms with E-state index in [1.807, 2.05) is 54.6 Å². The lowest BCUT2D eigenvalue weighted by molar-refractivity contribution is 0.467. The molecule has 0 aliphatic heterocycles. The first-order valence-electron chi connectivity index (χ1n) is 8.54. The van der Waals surface area contributed by atoms with Gasteiger partial charge in [-0.05, 0) is 47.5 Å². The fraction of sp³-hybridized carbons (Fsp3) is 0.143. The third kappa shape index (κ3) is 5.10. The fourth-order valence-electron chi connectivity index (χ4n) is 2.66. The maximum Gasteiger partial charge on any atom is 0.243 e. The molecule has 0 bridgehead atoms. The molecule has 3 aromatic carbocycles. The molecule has 27 heavy (non-hydrogen) atoms. The molecule has 0 aliphatic carbocycles. The van der Waals surface area contributed by atoms with Crippen molar-refractivity contribution in [2.75, 3.05) is 12.4 Å². The molecule has 1 N–H and O–H groups in total. The molecule has 0 aliphatic rings. The lowest BCUT2D eigenvalue weighted by Crippen LogP contribution is -2.26. The molecule has 6 heteroatoms. The maximum atomic E-state index is 12.8. The van der Waals surface area contributed by atoms with E-state index in [0.717, 1.165) is 16.8 Å². The van der Waals surface area contributed by atoms with E-state index in [-0.39, 0.29) is 4.90 Å². The first-order chi connectivity index (χ1) is 12.9. The predicted octanol–water partition coefficient (Wildman–Crippen LogP) is 4.77. The number of nitrogens with one attached hydrogen (secondary N) is 1. The molecule has 3 rings (SSSR count). The number of halogens is 1. The van der Waals surface area contributed by atoms with Gasteiger partial charge in [0.25, 0.3) is 0 Å². The largest absolute Gasteiger partial charge is 0.381 e. The number of benzene rings is 3. The molecule has 0 unspecified atom stereocenters. The zero-order valence-corrected chi connectivity index (χ0v) is 16.5. The van der Waals surface area contributed by atoms with Gasteiger partial charge in [-0.2, -0.15) is 4.31 Å². The van der Waals surface area contributed by atoms with Crippen molar-refractivity contribution < 1.29 is 8.42 Å². The summed E-state index contributed by atoms with van der Waals surface area (Å²) in [4.78, 5) is 0.276. The second-order valence-electron chi connectivity index (χ2n) is 6.25. The van der Waals surface area contributed by atoms with Crippen LogP contribution in [0.5, 0.6) is 0 Å². The van der Waals surface area contributed by atoms with Gasteiger partial charge in [0, 0.05) is 30.8 Å². The molecule has 0 heterocycles. The highest BCUT2D eigenvalue weighted by Crippen LogP contribution is 2.20. The van der Waals surface area contributed by atoms with E-state index in [9.17, 15) is 8.42 Å². The highest BCUT2D eigenvalue weighted by Gasteiger charge is 2.20. The van der Waals surface area contributed by atoms with Crippen molar-refractivity contribution in [3.05, 3.63) is 95.0 Å². The van der Waals surface area contributed by atoms with Gasteiger partial charge in [0.1, 0.15) is 0 Å². The van der Waals surface area contributed by atoms with Crippen LogP contribution in [0.15, 0.2) is 83.8 Å². The molecule has 0 saturated heterocycles. The van der Waals surface area contributed by atoms with E-state index < -0.39 is 10.0 Å². The normalized spacial score (nSPS) is 11.5. The third-order valence-corrected chi connectivity index (χ3v) is 6.29. The van der Waals surface area contributed by atoms with Crippen LogP contribution in [0.2, 0.25) is 5.02 Å². The number of nitrogens with zero attached hydrogens (tertiary/aromatic N) is 1. The van der Waals surface area contributed by atoms with E-state index in [0.29, 0.717) is 18.1 Å². The van der Waals surface area contributed by atoms with E-state index in [4.69, 9.17) is 11.6 Å². The second-order valence-corrected chi connectivity index (χ2v) is 8.73. The van der Waals surface area contributed by atoms with Gasteiger partial charge in [0.05, 0.1) is 4.90 Å². The van der Waals surface area contributed by atoms with Gasteiger partial charge in [-0.15, -0.1) is 0 Å². The lowest BCUT2D eigenvalue weighted by Gasteiger charge is -2.17. The van der Waals surface area contributed by atoms with E-state index in [1.165, 1.54) is 4.31 Å². The average molecular weight is 401 g/mol. The Morgan fingerprint density at radius 3 is 2.11 bits per heavy atom. The van der Waals surface area contributed by atoms with Crippen LogP contribution in [0, 0.1) is 0 Å². The Balaban J connectivity index is 1.65. The minimum absolute atomic E-state index is 0.276. The van der Waals surface area contributed by atoms with Crippen LogP contribution in [0.4, 0.5) is 5.69 Å². The first-order valence-corrected chi connectivity index (χ1v) is 10.4. The zero-order valence-electron chi connectivity index (χ0n) is 15.0. The number of rotatable bonds is 7. The summed E-state index contributed by atoms with van der Waals surface area (Å²) < 4.78 is 26.9. The Morgan fingerprint density at radius 2 is 1.48 bits per heavy atom. The van der Waals surface area contributed by atoms with Crippen LogP contribution in [0.25, 0.3) is 0 Å². The number of sulfonamides is 1. The van der Waals surface area contributed by atoms with Crippen LogP contribution in [0.3, 0.4) is 0 Å². The summed E-state index contributed by atoms with van der Waals surface area (Å²) >= 11 is 5.88. The van der Waals surface area contributed by atoms with Crippen molar-refractivity contribution in [3.63, 3.8) is 0 Å². The SMILES string of the molecule is CN(Cc1ccccc1)S(=O)(=O)c1ccc(NCc2ccc(Cl)cc2)cc1. The van der Waals surface area contributed by atoms with Crippen molar-refractivity contribution in [2.24, 2.45) is 0 Å².